The van der Waals surface area contributed by atoms with Crippen LogP contribution >= 0.6 is 0 Å². The number of fused-ring (bicyclic) bond motifs is 2. The van der Waals surface area contributed by atoms with E-state index in [9.17, 15) is 4.79 Å². The second-order valence-electron chi connectivity index (χ2n) is 7.13. The molecule has 0 spiro atoms. The number of benzene rings is 1. The van der Waals surface area contributed by atoms with Crippen molar-refractivity contribution in [3.63, 3.8) is 0 Å². The van der Waals surface area contributed by atoms with Crippen LogP contribution < -0.4 is 9.47 Å². The summed E-state index contributed by atoms with van der Waals surface area (Å²) in [4.78, 5) is 13.5. The highest BCUT2D eigenvalue weighted by molar-refractivity contribution is 5.85. The highest BCUT2D eigenvalue weighted by Gasteiger charge is 2.21. The zero-order valence-electron chi connectivity index (χ0n) is 14.9. The fourth-order valence-electron chi connectivity index (χ4n) is 3.76. The second kappa shape index (κ2) is 6.99. The number of aryl methyl sites for hydroxylation is 1. The van der Waals surface area contributed by atoms with Crippen LogP contribution in [0.4, 0.5) is 0 Å². The van der Waals surface area contributed by atoms with Gasteiger partial charge in [0.2, 0.25) is 6.79 Å². The molecule has 4 rings (SSSR count). The summed E-state index contributed by atoms with van der Waals surface area (Å²) in [5, 5.41) is 13.3. The summed E-state index contributed by atoms with van der Waals surface area (Å²) >= 11 is 0. The minimum atomic E-state index is -0.965. The van der Waals surface area contributed by atoms with Gasteiger partial charge in [0.25, 0.3) is 0 Å². The fraction of sp³-hybridized carbons (Fsp3) is 0.474. The van der Waals surface area contributed by atoms with Crippen LogP contribution in [0.2, 0.25) is 0 Å². The first-order chi connectivity index (χ1) is 12.6. The number of nitrogens with zero attached hydrogens (tertiary/aromatic N) is 3. The largest absolute Gasteiger partial charge is 0.476 e. The van der Waals surface area contributed by atoms with E-state index in [1.807, 2.05) is 10.7 Å². The lowest BCUT2D eigenvalue weighted by Gasteiger charge is -2.23. The van der Waals surface area contributed by atoms with Crippen LogP contribution in [-0.4, -0.2) is 45.6 Å². The Bertz CT molecular complexity index is 817. The van der Waals surface area contributed by atoms with Crippen molar-refractivity contribution in [2.24, 2.45) is 5.92 Å². The number of carbonyl (C=O) groups is 1. The summed E-state index contributed by atoms with van der Waals surface area (Å²) < 4.78 is 12.7. The predicted molar refractivity (Wildman–Crippen MR) is 94.5 cm³/mol. The Hall–Kier alpha value is -2.54. The molecule has 0 radical (unpaired) electrons. The van der Waals surface area contributed by atoms with Crippen LogP contribution in [0.25, 0.3) is 0 Å². The normalized spacial score (nSPS) is 17.6. The molecule has 2 aliphatic heterocycles. The Morgan fingerprint density at radius 1 is 1.27 bits per heavy atom. The van der Waals surface area contributed by atoms with Crippen molar-refractivity contribution in [3.05, 3.63) is 41.2 Å². The Kier molecular flexibility index (Phi) is 4.55. The van der Waals surface area contributed by atoms with Gasteiger partial charge in [0.1, 0.15) is 0 Å². The first kappa shape index (κ1) is 16.9. The molecular weight excluding hydrogens is 334 g/mol. The minimum absolute atomic E-state index is 0.134. The van der Waals surface area contributed by atoms with E-state index in [4.69, 9.17) is 14.6 Å². The standard InChI is InChI=1S/C19H23N3O4/c1-13(7-14-3-4-17-18(8-14)26-12-25-17)10-21-5-2-6-22-15(11-21)9-16(20-22)19(23)24/h3-4,8-9,13H,2,5-7,10-12H2,1H3,(H,23,24)/t13-/m0/s1. The van der Waals surface area contributed by atoms with Crippen LogP contribution in [0.3, 0.4) is 0 Å². The van der Waals surface area contributed by atoms with Crippen molar-refractivity contribution < 1.29 is 19.4 Å². The van der Waals surface area contributed by atoms with Crippen molar-refractivity contribution >= 4 is 5.97 Å². The maximum Gasteiger partial charge on any atom is 0.356 e. The van der Waals surface area contributed by atoms with Gasteiger partial charge >= 0.3 is 5.97 Å². The van der Waals surface area contributed by atoms with E-state index >= 15 is 0 Å². The lowest BCUT2D eigenvalue weighted by Crippen LogP contribution is -2.29. The Morgan fingerprint density at radius 3 is 2.96 bits per heavy atom. The molecule has 2 aromatic rings. The molecule has 0 saturated heterocycles. The summed E-state index contributed by atoms with van der Waals surface area (Å²) in [7, 11) is 0. The van der Waals surface area contributed by atoms with Crippen molar-refractivity contribution in [1.82, 2.24) is 14.7 Å². The molecule has 1 aromatic heterocycles. The van der Waals surface area contributed by atoms with Crippen molar-refractivity contribution in [2.75, 3.05) is 19.9 Å². The summed E-state index contributed by atoms with van der Waals surface area (Å²) in [5.74, 6) is 1.16. The summed E-state index contributed by atoms with van der Waals surface area (Å²) in [6, 6.07) is 7.83. The molecule has 1 N–H and O–H groups in total. The number of carboxylic acids is 1. The van der Waals surface area contributed by atoms with Crippen LogP contribution in [0.15, 0.2) is 24.3 Å². The minimum Gasteiger partial charge on any atom is -0.476 e. The SMILES string of the molecule is C[C@@H](Cc1ccc2c(c1)OCO2)CN1CCCn2nc(C(=O)O)cc2C1. The molecule has 1 atom stereocenters. The van der Waals surface area contributed by atoms with Crippen molar-refractivity contribution in [3.8, 4) is 11.5 Å². The molecule has 138 valence electrons. The molecule has 0 bridgehead atoms. The number of aromatic carboxylic acids is 1. The maximum atomic E-state index is 11.1. The van der Waals surface area contributed by atoms with E-state index in [2.05, 4.69) is 29.1 Å². The van der Waals surface area contributed by atoms with E-state index < -0.39 is 5.97 Å². The molecule has 2 aliphatic rings. The first-order valence-electron chi connectivity index (χ1n) is 8.99. The number of rotatable bonds is 5. The van der Waals surface area contributed by atoms with E-state index in [-0.39, 0.29) is 5.69 Å². The van der Waals surface area contributed by atoms with Gasteiger partial charge in [-0.2, -0.15) is 5.10 Å². The predicted octanol–water partition coefficient (Wildman–Crippen LogP) is 2.39. The first-order valence-corrected chi connectivity index (χ1v) is 8.99. The molecule has 26 heavy (non-hydrogen) atoms. The third-order valence-corrected chi connectivity index (χ3v) is 4.90. The number of ether oxygens (including phenoxy) is 2. The third kappa shape index (κ3) is 3.53. The number of hydrogen-bond donors (Lipinski definition) is 1. The van der Waals surface area contributed by atoms with Gasteiger partial charge in [0.15, 0.2) is 17.2 Å². The second-order valence-corrected chi connectivity index (χ2v) is 7.13. The molecule has 0 amide bonds. The fourth-order valence-corrected chi connectivity index (χ4v) is 3.76. The van der Waals surface area contributed by atoms with Crippen molar-refractivity contribution in [1.29, 1.82) is 0 Å². The average molecular weight is 357 g/mol. The van der Waals surface area contributed by atoms with Gasteiger partial charge in [0, 0.05) is 26.2 Å². The van der Waals surface area contributed by atoms with Crippen LogP contribution in [-0.2, 0) is 19.5 Å². The van der Waals surface area contributed by atoms with Crippen molar-refractivity contribution in [2.45, 2.75) is 32.9 Å². The molecule has 0 saturated carbocycles. The lowest BCUT2D eigenvalue weighted by atomic mass is 10.00. The van der Waals surface area contributed by atoms with E-state index in [0.717, 1.165) is 56.2 Å². The molecule has 0 aliphatic carbocycles. The maximum absolute atomic E-state index is 11.1. The molecular formula is C19H23N3O4. The van der Waals surface area contributed by atoms with Crippen LogP contribution in [0.5, 0.6) is 11.5 Å². The van der Waals surface area contributed by atoms with E-state index in [1.165, 1.54) is 5.56 Å². The molecule has 1 aromatic carbocycles. The monoisotopic (exact) mass is 357 g/mol. The Balaban J connectivity index is 1.39. The molecule has 0 fully saturated rings. The van der Waals surface area contributed by atoms with Gasteiger partial charge < -0.3 is 14.6 Å². The van der Waals surface area contributed by atoms with Gasteiger partial charge in [-0.25, -0.2) is 4.79 Å². The smallest absolute Gasteiger partial charge is 0.356 e. The number of hydrogen-bond acceptors (Lipinski definition) is 5. The zero-order chi connectivity index (χ0) is 18.1. The van der Waals surface area contributed by atoms with Gasteiger partial charge in [-0.1, -0.05) is 13.0 Å². The van der Waals surface area contributed by atoms with Crippen LogP contribution in [0, 0.1) is 5.92 Å². The number of carboxylic acid groups (broad SMARTS) is 1. The van der Waals surface area contributed by atoms with Crippen LogP contribution in [0.1, 0.15) is 35.1 Å². The molecule has 7 heteroatoms. The zero-order valence-corrected chi connectivity index (χ0v) is 14.9. The van der Waals surface area contributed by atoms with Gasteiger partial charge in [-0.05, 0) is 42.5 Å². The van der Waals surface area contributed by atoms with Gasteiger partial charge in [-0.15, -0.1) is 0 Å². The topological polar surface area (TPSA) is 76.8 Å². The van der Waals surface area contributed by atoms with Gasteiger partial charge in [0.05, 0.1) is 5.69 Å². The molecule has 7 nitrogen and oxygen atoms in total. The Morgan fingerprint density at radius 2 is 2.12 bits per heavy atom. The average Bonchev–Trinajstić information content (AvgIpc) is 3.17. The quantitative estimate of drug-likeness (QED) is 0.885. The summed E-state index contributed by atoms with van der Waals surface area (Å²) in [6.45, 7) is 6.02. The summed E-state index contributed by atoms with van der Waals surface area (Å²) in [5.41, 5.74) is 2.36. The lowest BCUT2D eigenvalue weighted by molar-refractivity contribution is 0.0689. The third-order valence-electron chi connectivity index (χ3n) is 4.90. The van der Waals surface area contributed by atoms with E-state index in [1.54, 1.807) is 6.07 Å². The highest BCUT2D eigenvalue weighted by atomic mass is 16.7. The summed E-state index contributed by atoms with van der Waals surface area (Å²) in [6.07, 6.45) is 1.94. The molecule has 0 unspecified atom stereocenters. The number of aromatic nitrogens is 2. The Labute approximate surface area is 152 Å². The van der Waals surface area contributed by atoms with Gasteiger partial charge in [-0.3, -0.25) is 9.58 Å². The van der Waals surface area contributed by atoms with E-state index in [0.29, 0.717) is 12.7 Å². The highest BCUT2D eigenvalue weighted by Crippen LogP contribution is 2.33. The molecule has 3 heterocycles.